The molecule has 0 aliphatic rings. The van der Waals surface area contributed by atoms with Gasteiger partial charge in [-0.2, -0.15) is 5.10 Å². The predicted octanol–water partition coefficient (Wildman–Crippen LogP) is 4.66. The Morgan fingerprint density at radius 3 is 2.59 bits per heavy atom. The molecule has 0 aliphatic carbocycles. The van der Waals surface area contributed by atoms with Gasteiger partial charge in [-0.25, -0.2) is 4.98 Å². The van der Waals surface area contributed by atoms with E-state index in [4.69, 9.17) is 4.98 Å². The lowest BCUT2D eigenvalue weighted by atomic mass is 10.1. The van der Waals surface area contributed by atoms with Crippen LogP contribution in [0.2, 0.25) is 0 Å². The van der Waals surface area contributed by atoms with E-state index in [9.17, 15) is 4.79 Å². The molecule has 158 valence electrons. The number of carbonyl (C=O) groups excluding carboxylic acids is 1. The van der Waals surface area contributed by atoms with Gasteiger partial charge in [0.15, 0.2) is 10.8 Å². The third-order valence-corrected chi connectivity index (χ3v) is 5.74. The van der Waals surface area contributed by atoms with Gasteiger partial charge in [0.2, 0.25) is 0 Å². The van der Waals surface area contributed by atoms with Crippen molar-refractivity contribution in [3.8, 4) is 0 Å². The highest BCUT2D eigenvalue weighted by atomic mass is 35.5. The quantitative estimate of drug-likeness (QED) is 0.516. The highest BCUT2D eigenvalue weighted by Crippen LogP contribution is 2.32. The molecule has 0 saturated carbocycles. The molecule has 1 amide bonds. The number of carbonyl (C=O) groups is 1. The first-order chi connectivity index (χ1) is 13.4. The molecule has 2 aromatic heterocycles. The lowest BCUT2D eigenvalue weighted by molar-refractivity contribution is 0.0980. The van der Waals surface area contributed by atoms with Crippen LogP contribution < -0.4 is 4.90 Å². The van der Waals surface area contributed by atoms with E-state index in [1.54, 1.807) is 22.3 Å². The minimum Gasteiger partial charge on any atom is -0.309 e. The Labute approximate surface area is 182 Å². The average Bonchev–Trinajstić information content (AvgIpc) is 3.31. The van der Waals surface area contributed by atoms with Crippen LogP contribution in [0.3, 0.4) is 0 Å². The van der Waals surface area contributed by atoms with Gasteiger partial charge < -0.3 is 4.90 Å². The summed E-state index contributed by atoms with van der Waals surface area (Å²) in [5.74, 6) is -0.0877. The number of benzene rings is 1. The second-order valence-corrected chi connectivity index (χ2v) is 8.51. The second-order valence-electron chi connectivity index (χ2n) is 7.50. The zero-order valence-electron chi connectivity index (χ0n) is 17.8. The summed E-state index contributed by atoms with van der Waals surface area (Å²) in [7, 11) is 4.09. The van der Waals surface area contributed by atoms with E-state index in [0.717, 1.165) is 34.7 Å². The van der Waals surface area contributed by atoms with Crippen LogP contribution in [-0.4, -0.2) is 52.8 Å². The first-order valence-electron chi connectivity index (χ1n) is 9.81. The molecule has 8 heteroatoms. The SMILES string of the molecule is CCc1cccc2sc(N(CCCN(C)C)C(=O)c3ccn(C(C)C)n3)nc12.Cl. The van der Waals surface area contributed by atoms with E-state index in [2.05, 4.69) is 49.0 Å². The smallest absolute Gasteiger partial charge is 0.280 e. The first-order valence-corrected chi connectivity index (χ1v) is 10.6. The maximum atomic E-state index is 13.3. The third-order valence-electron chi connectivity index (χ3n) is 4.69. The Kier molecular flexibility index (Phi) is 8.19. The summed E-state index contributed by atoms with van der Waals surface area (Å²) < 4.78 is 2.94. The number of para-hydroxylation sites is 1. The molecular weight excluding hydrogens is 406 g/mol. The Balaban J connectivity index is 0.00000300. The molecule has 3 rings (SSSR count). The third kappa shape index (κ3) is 5.35. The summed E-state index contributed by atoms with van der Waals surface area (Å²) in [4.78, 5) is 22.1. The summed E-state index contributed by atoms with van der Waals surface area (Å²) >= 11 is 1.58. The van der Waals surface area contributed by atoms with E-state index in [1.807, 2.05) is 25.0 Å². The maximum Gasteiger partial charge on any atom is 0.280 e. The van der Waals surface area contributed by atoms with Crippen molar-refractivity contribution < 1.29 is 4.79 Å². The molecular formula is C21H30ClN5OS. The van der Waals surface area contributed by atoms with E-state index < -0.39 is 0 Å². The number of thiazole rings is 1. The second kappa shape index (κ2) is 10.2. The number of halogens is 1. The number of hydrogen-bond acceptors (Lipinski definition) is 5. The number of hydrogen-bond donors (Lipinski definition) is 0. The van der Waals surface area contributed by atoms with Crippen LogP contribution in [0, 0.1) is 0 Å². The summed E-state index contributed by atoms with van der Waals surface area (Å²) in [6.07, 6.45) is 3.66. The minimum atomic E-state index is -0.0877. The Hall–Kier alpha value is -1.96. The molecule has 1 aromatic carbocycles. The van der Waals surface area contributed by atoms with Crippen molar-refractivity contribution in [1.29, 1.82) is 0 Å². The number of rotatable bonds is 8. The number of aromatic nitrogens is 3. The standard InChI is InChI=1S/C21H29N5OS.ClH/c1-6-16-9-7-10-18-19(16)22-21(28-18)25(13-8-12-24(4)5)20(27)17-11-14-26(23-17)15(2)3;/h7,9-11,14-15H,6,8,12-13H2,1-5H3;1H. The van der Waals surface area contributed by atoms with Gasteiger partial charge in [-0.15, -0.1) is 12.4 Å². The number of aryl methyl sites for hydroxylation is 1. The van der Waals surface area contributed by atoms with Gasteiger partial charge in [0.25, 0.3) is 5.91 Å². The molecule has 0 saturated heterocycles. The number of nitrogens with zero attached hydrogens (tertiary/aromatic N) is 5. The molecule has 0 radical (unpaired) electrons. The molecule has 29 heavy (non-hydrogen) atoms. The van der Waals surface area contributed by atoms with Gasteiger partial charge in [0.05, 0.1) is 10.2 Å². The van der Waals surface area contributed by atoms with Crippen molar-refractivity contribution in [2.24, 2.45) is 0 Å². The average molecular weight is 436 g/mol. The van der Waals surface area contributed by atoms with Gasteiger partial charge in [0.1, 0.15) is 0 Å². The Bertz CT molecular complexity index is 950. The summed E-state index contributed by atoms with van der Waals surface area (Å²) in [6.45, 7) is 7.76. The van der Waals surface area contributed by atoms with E-state index >= 15 is 0 Å². The molecule has 0 bridgehead atoms. The monoisotopic (exact) mass is 435 g/mol. The molecule has 0 atom stereocenters. The van der Waals surface area contributed by atoms with E-state index in [0.29, 0.717) is 12.2 Å². The van der Waals surface area contributed by atoms with Crippen LogP contribution >= 0.6 is 23.7 Å². The fraction of sp³-hybridized carbons (Fsp3) is 0.476. The van der Waals surface area contributed by atoms with Crippen LogP contribution in [0.15, 0.2) is 30.5 Å². The number of amides is 1. The van der Waals surface area contributed by atoms with Crippen molar-refractivity contribution in [1.82, 2.24) is 19.7 Å². The topological polar surface area (TPSA) is 54.3 Å². The number of fused-ring (bicyclic) bond motifs is 1. The molecule has 0 spiro atoms. The lowest BCUT2D eigenvalue weighted by Crippen LogP contribution is -2.33. The minimum absolute atomic E-state index is 0. The van der Waals surface area contributed by atoms with Gasteiger partial charge in [-0.1, -0.05) is 30.4 Å². The molecule has 2 heterocycles. The molecule has 0 unspecified atom stereocenters. The predicted molar refractivity (Wildman–Crippen MR) is 124 cm³/mol. The van der Waals surface area contributed by atoms with E-state index in [-0.39, 0.29) is 24.4 Å². The molecule has 6 nitrogen and oxygen atoms in total. The van der Waals surface area contributed by atoms with E-state index in [1.165, 1.54) is 5.56 Å². The van der Waals surface area contributed by atoms with Crippen LogP contribution in [0.4, 0.5) is 5.13 Å². The summed E-state index contributed by atoms with van der Waals surface area (Å²) in [5, 5.41) is 5.23. The lowest BCUT2D eigenvalue weighted by Gasteiger charge is -2.20. The zero-order chi connectivity index (χ0) is 20.3. The number of anilines is 1. The Morgan fingerprint density at radius 2 is 1.97 bits per heavy atom. The van der Waals surface area contributed by atoms with Crippen LogP contribution in [-0.2, 0) is 6.42 Å². The molecule has 0 N–H and O–H groups in total. The van der Waals surface area contributed by atoms with Gasteiger partial charge in [0, 0.05) is 18.8 Å². The van der Waals surface area contributed by atoms with Gasteiger partial charge in [-0.3, -0.25) is 14.4 Å². The van der Waals surface area contributed by atoms with Crippen molar-refractivity contribution >= 4 is 45.0 Å². The van der Waals surface area contributed by atoms with Crippen molar-refractivity contribution in [2.75, 3.05) is 32.1 Å². The highest BCUT2D eigenvalue weighted by Gasteiger charge is 2.23. The molecule has 0 fully saturated rings. The van der Waals surface area contributed by atoms with Gasteiger partial charge in [-0.05, 0) is 65.0 Å². The normalized spacial score (nSPS) is 11.3. The summed E-state index contributed by atoms with van der Waals surface area (Å²) in [5.41, 5.74) is 2.68. The van der Waals surface area contributed by atoms with Crippen molar-refractivity contribution in [2.45, 2.75) is 39.7 Å². The Morgan fingerprint density at radius 1 is 1.21 bits per heavy atom. The van der Waals surface area contributed by atoms with Crippen LogP contribution in [0.1, 0.15) is 49.3 Å². The maximum absolute atomic E-state index is 13.3. The molecule has 0 aliphatic heterocycles. The van der Waals surface area contributed by atoms with Crippen LogP contribution in [0.5, 0.6) is 0 Å². The largest absolute Gasteiger partial charge is 0.309 e. The van der Waals surface area contributed by atoms with Crippen molar-refractivity contribution in [3.63, 3.8) is 0 Å². The van der Waals surface area contributed by atoms with Crippen molar-refractivity contribution in [3.05, 3.63) is 41.7 Å². The first kappa shape index (κ1) is 23.3. The zero-order valence-corrected chi connectivity index (χ0v) is 19.4. The summed E-state index contributed by atoms with van der Waals surface area (Å²) in [6, 6.07) is 8.26. The molecule has 3 aromatic rings. The fourth-order valence-electron chi connectivity index (χ4n) is 3.10. The van der Waals surface area contributed by atoms with Gasteiger partial charge >= 0.3 is 0 Å². The van der Waals surface area contributed by atoms with Crippen LogP contribution in [0.25, 0.3) is 10.2 Å². The fourth-order valence-corrected chi connectivity index (χ4v) is 4.14. The highest BCUT2D eigenvalue weighted by molar-refractivity contribution is 7.22.